The Morgan fingerprint density at radius 1 is 0.912 bits per heavy atom. The van der Waals surface area contributed by atoms with E-state index in [2.05, 4.69) is 10.6 Å². The van der Waals surface area contributed by atoms with Crippen LogP contribution in [0.15, 0.2) is 54.6 Å². The van der Waals surface area contributed by atoms with Crippen LogP contribution in [0.25, 0.3) is 0 Å². The highest BCUT2D eigenvalue weighted by Gasteiger charge is 2.10. The van der Waals surface area contributed by atoms with Crippen molar-refractivity contribution in [3.63, 3.8) is 0 Å². The van der Waals surface area contributed by atoms with E-state index in [1.807, 2.05) is 31.2 Å². The predicted octanol–water partition coefficient (Wildman–Crippen LogP) is 6.73. The summed E-state index contributed by atoms with van der Waals surface area (Å²) in [4.78, 5) is 10.3. The van der Waals surface area contributed by atoms with Crippen molar-refractivity contribution in [2.75, 3.05) is 25.0 Å². The Hall–Kier alpha value is -2.71. The van der Waals surface area contributed by atoms with Crippen LogP contribution in [0.2, 0.25) is 15.1 Å². The molecule has 3 aromatic carbocycles. The molecule has 0 spiro atoms. The van der Waals surface area contributed by atoms with E-state index in [1.54, 1.807) is 18.2 Å². The lowest BCUT2D eigenvalue weighted by Gasteiger charge is -2.15. The molecule has 3 rings (SSSR count). The van der Waals surface area contributed by atoms with Gasteiger partial charge in [0.15, 0.2) is 11.5 Å². The summed E-state index contributed by atoms with van der Waals surface area (Å²) in [5.41, 5.74) is 2.48. The summed E-state index contributed by atoms with van der Waals surface area (Å²) in [7, 11) is 0. The third-order valence-electron chi connectivity index (χ3n) is 4.82. The number of rotatable bonds is 12. The van der Waals surface area contributed by atoms with Crippen LogP contribution in [0.4, 0.5) is 11.4 Å². The Balaban J connectivity index is 1.51. The van der Waals surface area contributed by atoms with E-state index in [1.165, 1.54) is 12.1 Å². The molecule has 0 atom stereocenters. The number of nitro benzene ring substituents is 1. The van der Waals surface area contributed by atoms with Gasteiger partial charge in [0.05, 0.1) is 22.2 Å². The van der Waals surface area contributed by atoms with Gasteiger partial charge in [-0.05, 0) is 42.8 Å². The Kier molecular flexibility index (Phi) is 9.65. The molecule has 0 aromatic heterocycles. The van der Waals surface area contributed by atoms with Crippen molar-refractivity contribution >= 4 is 46.2 Å². The predicted molar refractivity (Wildman–Crippen MR) is 137 cm³/mol. The largest absolute Gasteiger partial charge is 0.490 e. The maximum atomic E-state index is 10.8. The lowest BCUT2D eigenvalue weighted by molar-refractivity contribution is -0.384. The maximum absolute atomic E-state index is 10.8. The van der Waals surface area contributed by atoms with Gasteiger partial charge in [0.1, 0.15) is 6.61 Å². The Labute approximate surface area is 213 Å². The molecule has 180 valence electrons. The molecule has 0 saturated heterocycles. The fourth-order valence-corrected chi connectivity index (χ4v) is 3.83. The summed E-state index contributed by atoms with van der Waals surface area (Å²) < 4.78 is 11.7. The van der Waals surface area contributed by atoms with Crippen LogP contribution in [0.5, 0.6) is 11.5 Å². The lowest BCUT2D eigenvalue weighted by Crippen LogP contribution is -2.22. The van der Waals surface area contributed by atoms with E-state index < -0.39 is 4.92 Å². The van der Waals surface area contributed by atoms with Crippen LogP contribution in [0.3, 0.4) is 0 Å². The van der Waals surface area contributed by atoms with E-state index in [-0.39, 0.29) is 5.69 Å². The van der Waals surface area contributed by atoms with Gasteiger partial charge in [-0.1, -0.05) is 46.9 Å². The fourth-order valence-electron chi connectivity index (χ4n) is 3.12. The van der Waals surface area contributed by atoms with Crippen molar-refractivity contribution in [3.05, 3.63) is 90.9 Å². The van der Waals surface area contributed by atoms with E-state index in [0.717, 1.165) is 11.1 Å². The van der Waals surface area contributed by atoms with Crippen LogP contribution in [0, 0.1) is 10.1 Å². The van der Waals surface area contributed by atoms with Gasteiger partial charge in [0.25, 0.3) is 5.69 Å². The molecule has 0 bridgehead atoms. The molecule has 0 amide bonds. The standard InChI is InChI=1S/C24H24Cl3N3O4/c1-2-33-24-11-16(3-8-23(24)34-15-17-4-5-18(25)12-20(17)26)14-28-9-10-29-22-7-6-19(30(31)32)13-21(22)27/h3-8,11-13,28-29H,2,9-10,14-15H2,1H3. The third kappa shape index (κ3) is 7.40. The molecule has 2 N–H and O–H groups in total. The Morgan fingerprint density at radius 2 is 1.74 bits per heavy atom. The second-order valence-electron chi connectivity index (χ2n) is 7.26. The van der Waals surface area contributed by atoms with Crippen molar-refractivity contribution < 1.29 is 14.4 Å². The van der Waals surface area contributed by atoms with Gasteiger partial charge >= 0.3 is 0 Å². The molecule has 0 heterocycles. The second kappa shape index (κ2) is 12.7. The van der Waals surface area contributed by atoms with Crippen LogP contribution in [-0.2, 0) is 13.2 Å². The molecule has 0 aliphatic rings. The zero-order valence-corrected chi connectivity index (χ0v) is 20.7. The van der Waals surface area contributed by atoms with Gasteiger partial charge in [-0.3, -0.25) is 10.1 Å². The average Bonchev–Trinajstić information content (AvgIpc) is 2.80. The summed E-state index contributed by atoms with van der Waals surface area (Å²) in [6.07, 6.45) is 0. The third-order valence-corrected chi connectivity index (χ3v) is 5.72. The van der Waals surface area contributed by atoms with Crippen molar-refractivity contribution in [2.45, 2.75) is 20.1 Å². The quantitative estimate of drug-likeness (QED) is 0.155. The molecular weight excluding hydrogens is 501 g/mol. The van der Waals surface area contributed by atoms with Crippen molar-refractivity contribution in [2.24, 2.45) is 0 Å². The van der Waals surface area contributed by atoms with Crippen molar-refractivity contribution in [1.29, 1.82) is 0 Å². The van der Waals surface area contributed by atoms with E-state index in [4.69, 9.17) is 44.3 Å². The number of hydrogen-bond acceptors (Lipinski definition) is 6. The van der Waals surface area contributed by atoms with Crippen molar-refractivity contribution in [1.82, 2.24) is 5.32 Å². The number of benzene rings is 3. The molecule has 0 aliphatic carbocycles. The number of halogens is 3. The molecule has 0 saturated carbocycles. The first-order chi connectivity index (χ1) is 16.4. The Morgan fingerprint density at radius 3 is 2.44 bits per heavy atom. The van der Waals surface area contributed by atoms with Crippen LogP contribution < -0.4 is 20.1 Å². The van der Waals surface area contributed by atoms with Gasteiger partial charge in [-0.15, -0.1) is 0 Å². The van der Waals surface area contributed by atoms with Gasteiger partial charge in [-0.2, -0.15) is 0 Å². The van der Waals surface area contributed by atoms with Gasteiger partial charge in [0.2, 0.25) is 0 Å². The molecule has 34 heavy (non-hydrogen) atoms. The van der Waals surface area contributed by atoms with Crippen LogP contribution in [0.1, 0.15) is 18.1 Å². The fraction of sp³-hybridized carbons (Fsp3) is 0.250. The first-order valence-corrected chi connectivity index (χ1v) is 11.7. The first-order valence-electron chi connectivity index (χ1n) is 10.6. The lowest BCUT2D eigenvalue weighted by atomic mass is 10.2. The minimum Gasteiger partial charge on any atom is -0.490 e. The SMILES string of the molecule is CCOc1cc(CNCCNc2ccc([N+](=O)[O-])cc2Cl)ccc1OCc1ccc(Cl)cc1Cl. The highest BCUT2D eigenvalue weighted by atomic mass is 35.5. The number of non-ortho nitro benzene ring substituents is 1. The molecule has 0 aliphatic heterocycles. The van der Waals surface area contributed by atoms with E-state index in [9.17, 15) is 10.1 Å². The molecule has 0 radical (unpaired) electrons. The minimum atomic E-state index is -0.475. The molecule has 10 heteroatoms. The summed E-state index contributed by atoms with van der Waals surface area (Å²) in [5, 5.41) is 18.7. The second-order valence-corrected chi connectivity index (χ2v) is 8.51. The monoisotopic (exact) mass is 523 g/mol. The van der Waals surface area contributed by atoms with Crippen molar-refractivity contribution in [3.8, 4) is 11.5 Å². The smallest absolute Gasteiger partial charge is 0.271 e. The number of nitrogens with one attached hydrogen (secondary N) is 2. The molecular formula is C24H24Cl3N3O4. The van der Waals surface area contributed by atoms with E-state index in [0.29, 0.717) is 65.1 Å². The highest BCUT2D eigenvalue weighted by molar-refractivity contribution is 6.35. The zero-order valence-electron chi connectivity index (χ0n) is 18.4. The molecule has 3 aromatic rings. The number of anilines is 1. The number of ether oxygens (including phenoxy) is 2. The average molecular weight is 525 g/mol. The maximum Gasteiger partial charge on any atom is 0.271 e. The van der Waals surface area contributed by atoms with Gasteiger partial charge in [-0.25, -0.2) is 0 Å². The van der Waals surface area contributed by atoms with Crippen LogP contribution >= 0.6 is 34.8 Å². The summed E-state index contributed by atoms with van der Waals surface area (Å²) in [6.45, 7) is 4.60. The number of nitro groups is 1. The topological polar surface area (TPSA) is 85.7 Å². The van der Waals surface area contributed by atoms with E-state index >= 15 is 0 Å². The molecule has 7 nitrogen and oxygen atoms in total. The molecule has 0 unspecified atom stereocenters. The Bertz CT molecular complexity index is 1140. The summed E-state index contributed by atoms with van der Waals surface area (Å²) >= 11 is 18.3. The first kappa shape index (κ1) is 25.9. The minimum absolute atomic E-state index is 0.0394. The highest BCUT2D eigenvalue weighted by Crippen LogP contribution is 2.31. The number of hydrogen-bond donors (Lipinski definition) is 2. The number of nitrogens with zero attached hydrogens (tertiary/aromatic N) is 1. The zero-order chi connectivity index (χ0) is 24.5. The summed E-state index contributed by atoms with van der Waals surface area (Å²) in [5.74, 6) is 1.29. The van der Waals surface area contributed by atoms with Gasteiger partial charge in [0, 0.05) is 47.4 Å². The summed E-state index contributed by atoms with van der Waals surface area (Å²) in [6, 6.07) is 15.4. The van der Waals surface area contributed by atoms with Gasteiger partial charge < -0.3 is 20.1 Å². The van der Waals surface area contributed by atoms with Crippen LogP contribution in [-0.4, -0.2) is 24.6 Å². The molecule has 0 fully saturated rings. The normalized spacial score (nSPS) is 10.7.